The van der Waals surface area contributed by atoms with E-state index in [-0.39, 0.29) is 11.2 Å². The molecule has 0 radical (unpaired) electrons. The minimum absolute atomic E-state index is 0.179. The number of hydrazone groups is 1. The maximum Gasteiger partial charge on any atom is 0.144 e. The smallest absolute Gasteiger partial charge is 0.144 e. The monoisotopic (exact) mass is 405 g/mol. The first-order valence-electron chi connectivity index (χ1n) is 9.57. The Morgan fingerprint density at radius 1 is 1.10 bits per heavy atom. The van der Waals surface area contributed by atoms with Crippen LogP contribution in [0.15, 0.2) is 70.7 Å². The Morgan fingerprint density at radius 3 is 2.52 bits per heavy atom. The number of anilines is 1. The molecular weight excluding hydrogens is 378 g/mol. The van der Waals surface area contributed by atoms with E-state index < -0.39 is 0 Å². The predicted molar refractivity (Wildman–Crippen MR) is 125 cm³/mol. The first-order chi connectivity index (χ1) is 13.7. The third-order valence-electron chi connectivity index (χ3n) is 4.58. The highest BCUT2D eigenvalue weighted by molar-refractivity contribution is 8.02. The fourth-order valence-corrected chi connectivity index (χ4v) is 3.88. The molecule has 3 N–H and O–H groups in total. The lowest BCUT2D eigenvalue weighted by Gasteiger charge is -2.22. The second kappa shape index (κ2) is 8.70. The van der Waals surface area contributed by atoms with Crippen LogP contribution in [0.2, 0.25) is 0 Å². The highest BCUT2D eigenvalue weighted by Gasteiger charge is 2.21. The van der Waals surface area contributed by atoms with Crippen LogP contribution in [0.1, 0.15) is 37.5 Å². The molecule has 0 heterocycles. The van der Waals surface area contributed by atoms with Crippen molar-refractivity contribution < 1.29 is 5.11 Å². The van der Waals surface area contributed by atoms with Crippen LogP contribution in [-0.2, 0) is 11.2 Å². The number of benzene rings is 2. The number of hydrogen-bond acceptors (Lipinski definition) is 5. The fourth-order valence-electron chi connectivity index (χ4n) is 2.99. The minimum atomic E-state index is -0.179. The van der Waals surface area contributed by atoms with Crippen molar-refractivity contribution >= 4 is 28.9 Å². The van der Waals surface area contributed by atoms with Crippen LogP contribution in [0.25, 0.3) is 0 Å². The summed E-state index contributed by atoms with van der Waals surface area (Å²) in [6, 6.07) is 14.2. The summed E-state index contributed by atoms with van der Waals surface area (Å²) >= 11 is 1.71. The number of thioether (sulfide) groups is 1. The first kappa shape index (κ1) is 20.9. The van der Waals surface area contributed by atoms with Crippen LogP contribution >= 0.6 is 11.8 Å². The molecule has 0 spiro atoms. The number of nitrogens with one attached hydrogen (secondary N) is 2. The third kappa shape index (κ3) is 5.39. The summed E-state index contributed by atoms with van der Waals surface area (Å²) in [5.41, 5.74) is 7.39. The molecule has 0 unspecified atom stereocenters. The van der Waals surface area contributed by atoms with Crippen LogP contribution in [0, 0.1) is 12.3 Å². The zero-order valence-corrected chi connectivity index (χ0v) is 18.1. The Balaban J connectivity index is 1.79. The number of allylic oxidation sites excluding steroid dienone is 3. The van der Waals surface area contributed by atoms with Gasteiger partial charge in [0.05, 0.1) is 11.4 Å². The van der Waals surface area contributed by atoms with Crippen LogP contribution < -0.4 is 5.43 Å². The first-order valence-corrected chi connectivity index (χ1v) is 10.6. The van der Waals surface area contributed by atoms with E-state index in [1.165, 1.54) is 5.56 Å². The maximum absolute atomic E-state index is 10.7. The summed E-state index contributed by atoms with van der Waals surface area (Å²) < 4.78 is 0. The predicted octanol–water partition coefficient (Wildman–Crippen LogP) is 6.17. The average molecular weight is 406 g/mol. The summed E-state index contributed by atoms with van der Waals surface area (Å²) in [4.78, 5) is 1.05. The van der Waals surface area contributed by atoms with Crippen molar-refractivity contribution in [2.75, 3.05) is 5.43 Å². The summed E-state index contributed by atoms with van der Waals surface area (Å²) in [5.74, 6) is 1.06. The molecule has 2 aromatic carbocycles. The zero-order chi connectivity index (χ0) is 21.0. The summed E-state index contributed by atoms with van der Waals surface area (Å²) in [5, 5.41) is 23.3. The number of nitrogens with zero attached hydrogens (tertiary/aromatic N) is 1. The molecule has 29 heavy (non-hydrogen) atoms. The molecule has 0 atom stereocenters. The highest BCUT2D eigenvalue weighted by atomic mass is 32.2. The lowest BCUT2D eigenvalue weighted by Crippen LogP contribution is -2.14. The van der Waals surface area contributed by atoms with Crippen molar-refractivity contribution in [1.29, 1.82) is 5.41 Å². The van der Waals surface area contributed by atoms with Gasteiger partial charge in [-0.05, 0) is 47.8 Å². The second-order valence-electron chi connectivity index (χ2n) is 8.14. The molecule has 1 aliphatic carbocycles. The Bertz CT molecular complexity index is 999. The van der Waals surface area contributed by atoms with E-state index >= 15 is 0 Å². The number of aromatic hydroxyl groups is 1. The van der Waals surface area contributed by atoms with E-state index in [1.54, 1.807) is 17.8 Å². The summed E-state index contributed by atoms with van der Waals surface area (Å²) in [6.45, 7) is 8.20. The maximum atomic E-state index is 10.7. The Hall–Kier alpha value is -2.79. The van der Waals surface area contributed by atoms with E-state index in [0.29, 0.717) is 17.1 Å². The van der Waals surface area contributed by atoms with Crippen molar-refractivity contribution in [3.8, 4) is 5.75 Å². The van der Waals surface area contributed by atoms with E-state index in [2.05, 4.69) is 43.4 Å². The topological polar surface area (TPSA) is 68.5 Å². The molecule has 0 aliphatic heterocycles. The second-order valence-corrected chi connectivity index (χ2v) is 9.18. The number of phenols is 1. The van der Waals surface area contributed by atoms with Gasteiger partial charge < -0.3 is 5.11 Å². The molecule has 1 aliphatic rings. The fraction of sp³-hybridized carbons (Fsp3) is 0.250. The third-order valence-corrected chi connectivity index (χ3v) is 5.64. The quantitative estimate of drug-likeness (QED) is 0.316. The molecule has 0 aromatic heterocycles. The van der Waals surface area contributed by atoms with Gasteiger partial charge >= 0.3 is 0 Å². The average Bonchev–Trinajstić information content (AvgIpc) is 2.68. The molecule has 4 nitrogen and oxygen atoms in total. The van der Waals surface area contributed by atoms with E-state index in [4.69, 9.17) is 5.41 Å². The standard InChI is InChI=1S/C24H27N3OS/c1-16-12-19(24(2,3)4)23(28)22(13-16)27-26-21-14-18(10-11-20(21)25)29-15-17-8-6-5-7-9-17/h5-14,25,27-28H,15H2,1-4H3/b25-20?,26-21-. The largest absolute Gasteiger partial charge is 0.505 e. The van der Waals surface area contributed by atoms with Crippen molar-refractivity contribution in [3.63, 3.8) is 0 Å². The van der Waals surface area contributed by atoms with Gasteiger partial charge in [-0.1, -0.05) is 57.2 Å². The van der Waals surface area contributed by atoms with Crippen molar-refractivity contribution in [2.45, 2.75) is 38.9 Å². The molecule has 5 heteroatoms. The van der Waals surface area contributed by atoms with Crippen LogP contribution in [0.4, 0.5) is 5.69 Å². The molecule has 150 valence electrons. The van der Waals surface area contributed by atoms with E-state index in [1.807, 2.05) is 49.4 Å². The molecule has 2 aromatic rings. The lowest BCUT2D eigenvalue weighted by molar-refractivity contribution is 0.448. The van der Waals surface area contributed by atoms with Gasteiger partial charge in [0.15, 0.2) is 0 Å². The van der Waals surface area contributed by atoms with Gasteiger partial charge in [-0.25, -0.2) is 0 Å². The van der Waals surface area contributed by atoms with E-state index in [9.17, 15) is 5.11 Å². The van der Waals surface area contributed by atoms with Crippen molar-refractivity contribution in [3.05, 3.63) is 82.3 Å². The van der Waals surface area contributed by atoms with E-state index in [0.717, 1.165) is 21.8 Å². The van der Waals surface area contributed by atoms with Crippen LogP contribution in [0.5, 0.6) is 5.75 Å². The Kier molecular flexibility index (Phi) is 6.28. The van der Waals surface area contributed by atoms with Gasteiger partial charge in [0.2, 0.25) is 0 Å². The normalized spacial score (nSPS) is 15.5. The van der Waals surface area contributed by atoms with Gasteiger partial charge in [0.25, 0.3) is 0 Å². The summed E-state index contributed by atoms with van der Waals surface area (Å²) in [6.07, 6.45) is 5.60. The summed E-state index contributed by atoms with van der Waals surface area (Å²) in [7, 11) is 0. The number of hydrogen-bond donors (Lipinski definition) is 3. The van der Waals surface area contributed by atoms with Crippen molar-refractivity contribution in [2.24, 2.45) is 5.10 Å². The SMILES string of the molecule is Cc1cc(N/N=C2/C=C(SCc3ccccc3)C=CC2=N)c(O)c(C(C)(C)C)c1. The Labute approximate surface area is 177 Å². The van der Waals surface area contributed by atoms with Gasteiger partial charge in [-0.3, -0.25) is 10.8 Å². The Morgan fingerprint density at radius 2 is 1.83 bits per heavy atom. The molecule has 0 saturated heterocycles. The molecular formula is C24H27N3OS. The molecule has 0 saturated carbocycles. The number of aryl methyl sites for hydroxylation is 1. The van der Waals surface area contributed by atoms with Gasteiger partial charge in [-0.15, -0.1) is 11.8 Å². The van der Waals surface area contributed by atoms with Gasteiger partial charge in [0, 0.05) is 16.2 Å². The van der Waals surface area contributed by atoms with Gasteiger partial charge in [-0.2, -0.15) is 5.10 Å². The molecule has 0 fully saturated rings. The molecule has 0 bridgehead atoms. The molecule has 0 amide bonds. The number of rotatable bonds is 5. The lowest BCUT2D eigenvalue weighted by atomic mass is 9.85. The zero-order valence-electron chi connectivity index (χ0n) is 17.3. The van der Waals surface area contributed by atoms with Crippen LogP contribution in [0.3, 0.4) is 0 Å². The van der Waals surface area contributed by atoms with Gasteiger partial charge in [0.1, 0.15) is 11.5 Å². The van der Waals surface area contributed by atoms with Crippen molar-refractivity contribution in [1.82, 2.24) is 0 Å². The minimum Gasteiger partial charge on any atom is -0.505 e. The number of phenolic OH excluding ortho intramolecular Hbond substituents is 1. The van der Waals surface area contributed by atoms with Crippen LogP contribution in [-0.4, -0.2) is 16.5 Å². The molecule has 3 rings (SSSR count). The highest BCUT2D eigenvalue weighted by Crippen LogP contribution is 2.37.